The van der Waals surface area contributed by atoms with Gasteiger partial charge in [-0.1, -0.05) is 18.2 Å². The van der Waals surface area contributed by atoms with Crippen LogP contribution >= 0.6 is 0 Å². The van der Waals surface area contributed by atoms with E-state index in [1.165, 1.54) is 0 Å². The second-order valence-electron chi connectivity index (χ2n) is 5.07. The van der Waals surface area contributed by atoms with Crippen LogP contribution in [0.1, 0.15) is 13.3 Å². The quantitative estimate of drug-likeness (QED) is 0.738. The van der Waals surface area contributed by atoms with Gasteiger partial charge in [-0.15, -0.1) is 0 Å². The molecule has 1 aromatic rings. The minimum atomic E-state index is -0.581. The van der Waals surface area contributed by atoms with Crippen LogP contribution in [0.2, 0.25) is 0 Å². The highest BCUT2D eigenvalue weighted by Gasteiger charge is 2.20. The lowest BCUT2D eigenvalue weighted by Crippen LogP contribution is -2.47. The van der Waals surface area contributed by atoms with E-state index in [-0.39, 0.29) is 17.9 Å². The number of hydrogen-bond acceptors (Lipinski definition) is 4. The Hall–Kier alpha value is -1.92. The average Bonchev–Trinajstić information content (AvgIpc) is 2.49. The van der Waals surface area contributed by atoms with Crippen LogP contribution in [0.15, 0.2) is 30.3 Å². The van der Waals surface area contributed by atoms with Gasteiger partial charge < -0.3 is 20.7 Å². The van der Waals surface area contributed by atoms with Gasteiger partial charge in [0.05, 0.1) is 13.2 Å². The maximum atomic E-state index is 12.0. The van der Waals surface area contributed by atoms with Crippen molar-refractivity contribution in [1.82, 2.24) is 10.6 Å². The molecule has 0 aliphatic carbocycles. The third-order valence-corrected chi connectivity index (χ3v) is 3.24. The van der Waals surface area contributed by atoms with Crippen LogP contribution in [-0.4, -0.2) is 43.7 Å². The molecule has 3 N–H and O–H groups in total. The first-order chi connectivity index (χ1) is 10.1. The molecule has 2 atom stereocenters. The average molecular weight is 291 g/mol. The fourth-order valence-electron chi connectivity index (χ4n) is 2.11. The Balaban J connectivity index is 1.75. The van der Waals surface area contributed by atoms with Gasteiger partial charge in [0, 0.05) is 24.7 Å². The summed E-state index contributed by atoms with van der Waals surface area (Å²) in [6.07, 6.45) is 0.308. The van der Waals surface area contributed by atoms with Crippen LogP contribution in [-0.2, 0) is 14.3 Å². The normalized spacial score (nSPS) is 19.6. The summed E-state index contributed by atoms with van der Waals surface area (Å²) >= 11 is 0. The van der Waals surface area contributed by atoms with E-state index < -0.39 is 6.04 Å². The van der Waals surface area contributed by atoms with Gasteiger partial charge in [0.1, 0.15) is 6.04 Å². The van der Waals surface area contributed by atoms with Crippen molar-refractivity contribution in [3.8, 4) is 0 Å². The minimum absolute atomic E-state index is 0.0168. The van der Waals surface area contributed by atoms with Crippen molar-refractivity contribution in [2.45, 2.75) is 25.4 Å². The topological polar surface area (TPSA) is 79.5 Å². The fraction of sp³-hybridized carbons (Fsp3) is 0.467. The summed E-state index contributed by atoms with van der Waals surface area (Å²) in [5, 5.41) is 8.66. The number of anilines is 1. The highest BCUT2D eigenvalue weighted by Crippen LogP contribution is 2.05. The SMILES string of the molecule is CC(NC(=O)CC1COCCN1)C(=O)Nc1ccccc1. The number of benzene rings is 1. The van der Waals surface area contributed by atoms with Crippen molar-refractivity contribution in [3.05, 3.63) is 30.3 Å². The van der Waals surface area contributed by atoms with E-state index in [0.29, 0.717) is 25.3 Å². The van der Waals surface area contributed by atoms with Gasteiger partial charge in [0.15, 0.2) is 0 Å². The van der Waals surface area contributed by atoms with E-state index in [0.717, 1.165) is 6.54 Å². The molecule has 1 aliphatic rings. The Kier molecular flexibility index (Phi) is 5.71. The van der Waals surface area contributed by atoms with Crippen molar-refractivity contribution in [2.24, 2.45) is 0 Å². The van der Waals surface area contributed by atoms with Gasteiger partial charge in [0.25, 0.3) is 0 Å². The van der Waals surface area contributed by atoms with Crippen LogP contribution in [0.3, 0.4) is 0 Å². The molecule has 1 heterocycles. The zero-order valence-corrected chi connectivity index (χ0v) is 12.1. The number of carbonyl (C=O) groups is 2. The fourth-order valence-corrected chi connectivity index (χ4v) is 2.11. The summed E-state index contributed by atoms with van der Waals surface area (Å²) in [5.74, 6) is -0.392. The monoisotopic (exact) mass is 291 g/mol. The summed E-state index contributed by atoms with van der Waals surface area (Å²) in [7, 11) is 0. The van der Waals surface area contributed by atoms with E-state index >= 15 is 0 Å². The molecule has 6 nitrogen and oxygen atoms in total. The lowest BCUT2D eigenvalue weighted by Gasteiger charge is -2.24. The molecule has 6 heteroatoms. The maximum absolute atomic E-state index is 12.0. The van der Waals surface area contributed by atoms with Crippen molar-refractivity contribution in [2.75, 3.05) is 25.1 Å². The predicted molar refractivity (Wildman–Crippen MR) is 79.9 cm³/mol. The summed E-state index contributed by atoms with van der Waals surface area (Å²) < 4.78 is 5.29. The highest BCUT2D eigenvalue weighted by atomic mass is 16.5. The molecule has 1 aliphatic heterocycles. The minimum Gasteiger partial charge on any atom is -0.378 e. The Morgan fingerprint density at radius 2 is 2.14 bits per heavy atom. The first kappa shape index (κ1) is 15.5. The molecular formula is C15H21N3O3. The molecule has 2 amide bonds. The Morgan fingerprint density at radius 1 is 1.38 bits per heavy atom. The lowest BCUT2D eigenvalue weighted by atomic mass is 10.2. The van der Waals surface area contributed by atoms with Crippen molar-refractivity contribution >= 4 is 17.5 Å². The van der Waals surface area contributed by atoms with E-state index in [2.05, 4.69) is 16.0 Å². The smallest absolute Gasteiger partial charge is 0.246 e. The molecule has 1 aromatic carbocycles. The molecular weight excluding hydrogens is 270 g/mol. The van der Waals surface area contributed by atoms with Gasteiger partial charge in [-0.05, 0) is 19.1 Å². The maximum Gasteiger partial charge on any atom is 0.246 e. The second-order valence-corrected chi connectivity index (χ2v) is 5.07. The summed E-state index contributed by atoms with van der Waals surface area (Å²) in [5.41, 5.74) is 0.714. The first-order valence-electron chi connectivity index (χ1n) is 7.11. The second kappa shape index (κ2) is 7.75. The van der Waals surface area contributed by atoms with Crippen LogP contribution < -0.4 is 16.0 Å². The predicted octanol–water partition coefficient (Wildman–Crippen LogP) is 0.508. The third kappa shape index (κ3) is 5.17. The zero-order chi connectivity index (χ0) is 15.1. The van der Waals surface area contributed by atoms with Crippen LogP contribution in [0.5, 0.6) is 0 Å². The van der Waals surface area contributed by atoms with E-state index in [9.17, 15) is 9.59 Å². The molecule has 21 heavy (non-hydrogen) atoms. The highest BCUT2D eigenvalue weighted by molar-refractivity contribution is 5.96. The zero-order valence-electron chi connectivity index (χ0n) is 12.1. The van der Waals surface area contributed by atoms with Crippen molar-refractivity contribution < 1.29 is 14.3 Å². The largest absolute Gasteiger partial charge is 0.378 e. The summed E-state index contributed by atoms with van der Waals surface area (Å²) in [4.78, 5) is 23.9. The molecule has 2 unspecified atom stereocenters. The molecule has 0 aromatic heterocycles. The third-order valence-electron chi connectivity index (χ3n) is 3.24. The first-order valence-corrected chi connectivity index (χ1v) is 7.11. The number of nitrogens with one attached hydrogen (secondary N) is 3. The number of para-hydroxylation sites is 1. The number of ether oxygens (including phenoxy) is 1. The van der Waals surface area contributed by atoms with Gasteiger partial charge in [-0.2, -0.15) is 0 Å². The van der Waals surface area contributed by atoms with Crippen LogP contribution in [0.25, 0.3) is 0 Å². The Bertz CT molecular complexity index is 472. The lowest BCUT2D eigenvalue weighted by molar-refractivity contribution is -0.127. The van der Waals surface area contributed by atoms with Gasteiger partial charge in [-0.25, -0.2) is 0 Å². The molecule has 114 valence electrons. The Labute approximate surface area is 124 Å². The molecule has 1 saturated heterocycles. The van der Waals surface area contributed by atoms with Crippen LogP contribution in [0, 0.1) is 0 Å². The van der Waals surface area contributed by atoms with Gasteiger partial charge in [-0.3, -0.25) is 9.59 Å². The van der Waals surface area contributed by atoms with Gasteiger partial charge in [0.2, 0.25) is 11.8 Å². The van der Waals surface area contributed by atoms with E-state index in [4.69, 9.17) is 4.74 Å². The van der Waals surface area contributed by atoms with Crippen molar-refractivity contribution in [1.29, 1.82) is 0 Å². The van der Waals surface area contributed by atoms with Gasteiger partial charge >= 0.3 is 0 Å². The molecule has 0 spiro atoms. The number of carbonyl (C=O) groups excluding carboxylic acids is 2. The summed E-state index contributed by atoms with van der Waals surface area (Å²) in [6, 6.07) is 8.60. The number of hydrogen-bond donors (Lipinski definition) is 3. The number of amides is 2. The summed E-state index contributed by atoms with van der Waals surface area (Å²) in [6.45, 7) is 3.62. The molecule has 0 radical (unpaired) electrons. The molecule has 0 bridgehead atoms. The Morgan fingerprint density at radius 3 is 2.81 bits per heavy atom. The van der Waals surface area contributed by atoms with E-state index in [1.54, 1.807) is 19.1 Å². The van der Waals surface area contributed by atoms with Crippen LogP contribution in [0.4, 0.5) is 5.69 Å². The number of morpholine rings is 1. The molecule has 1 fully saturated rings. The van der Waals surface area contributed by atoms with Crippen molar-refractivity contribution in [3.63, 3.8) is 0 Å². The molecule has 0 saturated carbocycles. The van der Waals surface area contributed by atoms with E-state index in [1.807, 2.05) is 18.2 Å². The molecule has 2 rings (SSSR count). The standard InChI is InChI=1S/C15H21N3O3/c1-11(15(20)18-12-5-3-2-4-6-12)17-14(19)9-13-10-21-8-7-16-13/h2-6,11,13,16H,7-10H2,1H3,(H,17,19)(H,18,20). The number of rotatable bonds is 5.